The molecule has 0 aromatic heterocycles. The van der Waals surface area contributed by atoms with Gasteiger partial charge in [-0.05, 0) is 43.0 Å². The van der Waals surface area contributed by atoms with Crippen LogP contribution >= 0.6 is 0 Å². The van der Waals surface area contributed by atoms with Crippen LogP contribution in [0.4, 0.5) is 5.69 Å². The minimum absolute atomic E-state index is 0.394. The molecule has 1 N–H and O–H groups in total. The Bertz CT molecular complexity index is 431. The molecule has 1 aromatic rings. The monoisotopic (exact) mass is 292 g/mol. The van der Waals surface area contributed by atoms with Gasteiger partial charge in [-0.25, -0.2) is 0 Å². The highest BCUT2D eigenvalue weighted by atomic mass is 16.5. The second kappa shape index (κ2) is 8.37. The van der Waals surface area contributed by atoms with Crippen molar-refractivity contribution in [2.75, 3.05) is 45.4 Å². The van der Waals surface area contributed by atoms with Gasteiger partial charge in [0.2, 0.25) is 0 Å². The van der Waals surface area contributed by atoms with Crippen LogP contribution in [0.2, 0.25) is 0 Å². The van der Waals surface area contributed by atoms with Gasteiger partial charge in [-0.3, -0.25) is 0 Å². The smallest absolute Gasteiger partial charge is 0.0750 e. The normalized spacial score (nSPS) is 18.1. The molecule has 0 saturated carbocycles. The molecule has 1 saturated heterocycles. The van der Waals surface area contributed by atoms with E-state index < -0.39 is 0 Å². The van der Waals surface area contributed by atoms with Crippen molar-refractivity contribution in [2.24, 2.45) is 0 Å². The van der Waals surface area contributed by atoms with E-state index in [1.807, 2.05) is 0 Å². The van der Waals surface area contributed by atoms with Crippen molar-refractivity contribution in [1.82, 2.24) is 5.32 Å². The van der Waals surface area contributed by atoms with Gasteiger partial charge in [0.25, 0.3) is 0 Å². The van der Waals surface area contributed by atoms with Gasteiger partial charge in [0.15, 0.2) is 0 Å². The lowest BCUT2D eigenvalue weighted by molar-refractivity contribution is 0.116. The Balaban J connectivity index is 1.87. The van der Waals surface area contributed by atoms with Crippen molar-refractivity contribution >= 4 is 5.69 Å². The molecule has 0 spiro atoms. The van der Waals surface area contributed by atoms with Crippen molar-refractivity contribution < 1.29 is 9.47 Å². The number of benzene rings is 1. The molecule has 0 amide bonds. The van der Waals surface area contributed by atoms with Crippen molar-refractivity contribution in [3.63, 3.8) is 0 Å². The molecule has 2 rings (SSSR count). The predicted molar refractivity (Wildman–Crippen MR) is 87.0 cm³/mol. The summed E-state index contributed by atoms with van der Waals surface area (Å²) < 4.78 is 10.8. The number of aryl methyl sites for hydroxylation is 1. The van der Waals surface area contributed by atoms with Crippen molar-refractivity contribution in [3.8, 4) is 0 Å². The number of rotatable bonds is 8. The van der Waals surface area contributed by atoms with Crippen molar-refractivity contribution in [3.05, 3.63) is 29.3 Å². The third-order valence-electron chi connectivity index (χ3n) is 4.07. The van der Waals surface area contributed by atoms with E-state index in [1.54, 1.807) is 7.11 Å². The van der Waals surface area contributed by atoms with Crippen LogP contribution < -0.4 is 10.2 Å². The van der Waals surface area contributed by atoms with E-state index in [2.05, 4.69) is 42.4 Å². The van der Waals surface area contributed by atoms with Crippen LogP contribution in [-0.4, -0.2) is 46.6 Å². The van der Waals surface area contributed by atoms with Gasteiger partial charge in [0.05, 0.1) is 12.7 Å². The van der Waals surface area contributed by atoms with E-state index in [9.17, 15) is 0 Å². The van der Waals surface area contributed by atoms with Crippen LogP contribution in [0, 0.1) is 6.92 Å². The van der Waals surface area contributed by atoms with Crippen LogP contribution in [0.5, 0.6) is 0 Å². The number of methoxy groups -OCH3 is 1. The third-order valence-corrected chi connectivity index (χ3v) is 4.07. The van der Waals surface area contributed by atoms with Gasteiger partial charge in [-0.1, -0.05) is 6.07 Å². The fraction of sp³-hybridized carbons (Fsp3) is 0.647. The van der Waals surface area contributed by atoms with E-state index in [1.165, 1.54) is 29.7 Å². The van der Waals surface area contributed by atoms with Crippen molar-refractivity contribution in [1.29, 1.82) is 0 Å². The molecule has 21 heavy (non-hydrogen) atoms. The first-order valence-electron chi connectivity index (χ1n) is 7.82. The largest absolute Gasteiger partial charge is 0.383 e. The topological polar surface area (TPSA) is 33.7 Å². The van der Waals surface area contributed by atoms with Gasteiger partial charge < -0.3 is 19.7 Å². The Labute approximate surface area is 128 Å². The number of nitrogens with zero attached hydrogens (tertiary/aromatic N) is 1. The SMILES string of the molecule is COCCNCc1ccc(N(C)CC2CCCO2)cc1C. The van der Waals surface area contributed by atoms with Gasteiger partial charge in [-0.15, -0.1) is 0 Å². The number of hydrogen-bond acceptors (Lipinski definition) is 4. The van der Waals surface area contributed by atoms with E-state index in [-0.39, 0.29) is 0 Å². The number of likely N-dealkylation sites (N-methyl/N-ethyl adjacent to an activating group) is 1. The zero-order chi connectivity index (χ0) is 15.1. The van der Waals surface area contributed by atoms with E-state index >= 15 is 0 Å². The van der Waals surface area contributed by atoms with Crippen LogP contribution in [0.25, 0.3) is 0 Å². The molecule has 0 aliphatic carbocycles. The maximum absolute atomic E-state index is 5.71. The summed E-state index contributed by atoms with van der Waals surface area (Å²) in [6.07, 6.45) is 2.78. The van der Waals surface area contributed by atoms with Gasteiger partial charge in [0.1, 0.15) is 0 Å². The molecule has 1 aromatic carbocycles. The average Bonchev–Trinajstić information content (AvgIpc) is 2.97. The molecule has 1 atom stereocenters. The van der Waals surface area contributed by atoms with E-state index in [4.69, 9.17) is 9.47 Å². The first kappa shape index (κ1) is 16.3. The van der Waals surface area contributed by atoms with Crippen LogP contribution in [0.1, 0.15) is 24.0 Å². The Kier molecular flexibility index (Phi) is 6.49. The summed E-state index contributed by atoms with van der Waals surface area (Å²) in [7, 11) is 3.87. The summed E-state index contributed by atoms with van der Waals surface area (Å²) in [4.78, 5) is 2.30. The average molecular weight is 292 g/mol. The molecule has 118 valence electrons. The minimum atomic E-state index is 0.394. The maximum Gasteiger partial charge on any atom is 0.0750 e. The summed E-state index contributed by atoms with van der Waals surface area (Å²) >= 11 is 0. The lowest BCUT2D eigenvalue weighted by Crippen LogP contribution is -2.28. The number of nitrogens with one attached hydrogen (secondary N) is 1. The highest BCUT2D eigenvalue weighted by Crippen LogP contribution is 2.21. The number of anilines is 1. The molecule has 0 radical (unpaired) electrons. The lowest BCUT2D eigenvalue weighted by atomic mass is 10.1. The summed E-state index contributed by atoms with van der Waals surface area (Å²) in [6.45, 7) is 6.61. The van der Waals surface area contributed by atoms with Crippen LogP contribution in [0.15, 0.2) is 18.2 Å². The number of ether oxygens (including phenoxy) is 2. The maximum atomic E-state index is 5.71. The fourth-order valence-corrected chi connectivity index (χ4v) is 2.71. The molecule has 1 aliphatic rings. The molecule has 4 nitrogen and oxygen atoms in total. The highest BCUT2D eigenvalue weighted by Gasteiger charge is 2.17. The molecular formula is C17H28N2O2. The molecule has 1 fully saturated rings. The zero-order valence-electron chi connectivity index (χ0n) is 13.5. The quantitative estimate of drug-likeness (QED) is 0.746. The second-order valence-electron chi connectivity index (χ2n) is 5.80. The minimum Gasteiger partial charge on any atom is -0.383 e. The van der Waals surface area contributed by atoms with Gasteiger partial charge in [0, 0.05) is 46.1 Å². The molecule has 1 unspecified atom stereocenters. The highest BCUT2D eigenvalue weighted by molar-refractivity contribution is 5.50. The van der Waals surface area contributed by atoms with Crippen LogP contribution in [-0.2, 0) is 16.0 Å². The fourth-order valence-electron chi connectivity index (χ4n) is 2.71. The molecular weight excluding hydrogens is 264 g/mol. The summed E-state index contributed by atoms with van der Waals surface area (Å²) in [6, 6.07) is 6.69. The number of hydrogen-bond donors (Lipinski definition) is 1. The first-order chi connectivity index (χ1) is 10.2. The molecule has 1 aliphatic heterocycles. The summed E-state index contributed by atoms with van der Waals surface area (Å²) in [5.74, 6) is 0. The van der Waals surface area contributed by atoms with Gasteiger partial charge in [-0.2, -0.15) is 0 Å². The third kappa shape index (κ3) is 4.99. The first-order valence-corrected chi connectivity index (χ1v) is 7.82. The lowest BCUT2D eigenvalue weighted by Gasteiger charge is -2.23. The second-order valence-corrected chi connectivity index (χ2v) is 5.80. The Morgan fingerprint density at radius 3 is 2.95 bits per heavy atom. The Morgan fingerprint density at radius 1 is 1.43 bits per heavy atom. The summed E-state index contributed by atoms with van der Waals surface area (Å²) in [5.41, 5.74) is 3.95. The van der Waals surface area contributed by atoms with Crippen LogP contribution in [0.3, 0.4) is 0 Å². The van der Waals surface area contributed by atoms with Gasteiger partial charge >= 0.3 is 0 Å². The Morgan fingerprint density at radius 2 is 2.29 bits per heavy atom. The predicted octanol–water partition coefficient (Wildman–Crippen LogP) is 2.35. The zero-order valence-corrected chi connectivity index (χ0v) is 13.5. The molecule has 1 heterocycles. The molecule has 0 bridgehead atoms. The standard InChI is InChI=1S/C17H28N2O2/c1-14-11-16(19(2)13-17-5-4-9-21-17)7-6-15(14)12-18-8-10-20-3/h6-7,11,17-18H,4-5,8-10,12-13H2,1-3H3. The Hall–Kier alpha value is -1.10. The van der Waals surface area contributed by atoms with E-state index in [0.29, 0.717) is 6.10 Å². The van der Waals surface area contributed by atoms with Crippen molar-refractivity contribution in [2.45, 2.75) is 32.4 Å². The molecule has 4 heteroatoms. The summed E-state index contributed by atoms with van der Waals surface area (Å²) in [5, 5.41) is 3.39. The van der Waals surface area contributed by atoms with E-state index in [0.717, 1.165) is 32.8 Å².